The minimum Gasteiger partial charge on any atom is -0.379 e. The molecular formula is C14H25N5O. The summed E-state index contributed by atoms with van der Waals surface area (Å²) in [6.07, 6.45) is 1.78. The number of morpholine rings is 1. The largest absolute Gasteiger partial charge is 0.379 e. The van der Waals surface area contributed by atoms with Crippen LogP contribution in [0.4, 0.5) is 5.95 Å². The topological polar surface area (TPSA) is 63.2 Å². The van der Waals surface area contributed by atoms with Gasteiger partial charge in [0.2, 0.25) is 5.95 Å². The van der Waals surface area contributed by atoms with Crippen LogP contribution >= 0.6 is 0 Å². The van der Waals surface area contributed by atoms with Crippen LogP contribution in [0, 0.1) is 0 Å². The van der Waals surface area contributed by atoms with Crippen LogP contribution in [0.5, 0.6) is 0 Å². The van der Waals surface area contributed by atoms with Crippen molar-refractivity contribution in [1.82, 2.24) is 20.1 Å². The second-order valence-corrected chi connectivity index (χ2v) is 5.19. The predicted octanol–water partition coefficient (Wildman–Crippen LogP) is 1.13. The van der Waals surface area contributed by atoms with Gasteiger partial charge in [0.25, 0.3) is 0 Å². The highest BCUT2D eigenvalue weighted by molar-refractivity contribution is 5.27. The van der Waals surface area contributed by atoms with Gasteiger partial charge in [-0.15, -0.1) is 5.10 Å². The Hall–Kier alpha value is -1.27. The normalized spacial score (nSPS) is 17.9. The van der Waals surface area contributed by atoms with Crippen LogP contribution in [0.25, 0.3) is 0 Å². The van der Waals surface area contributed by atoms with Gasteiger partial charge >= 0.3 is 0 Å². The number of rotatable bonds is 6. The third-order valence-corrected chi connectivity index (χ3v) is 3.52. The minimum absolute atomic E-state index is 0.298. The standard InChI is InChI=1S/C14H25N5O/c1-4-12-13(5-2)17-18-14(16-12)15-11(3)10-19-6-8-20-9-7-19/h11H,4-10H2,1-3H3,(H,15,16,18). The number of anilines is 1. The van der Waals surface area contributed by atoms with Gasteiger partial charge in [-0.1, -0.05) is 13.8 Å². The molecule has 6 nitrogen and oxygen atoms in total. The van der Waals surface area contributed by atoms with Crippen molar-refractivity contribution in [2.75, 3.05) is 38.2 Å². The van der Waals surface area contributed by atoms with Gasteiger partial charge in [0.15, 0.2) is 0 Å². The SMILES string of the molecule is CCc1nnc(NC(C)CN2CCOCC2)nc1CC. The summed E-state index contributed by atoms with van der Waals surface area (Å²) in [7, 11) is 0. The molecule has 0 radical (unpaired) electrons. The van der Waals surface area contributed by atoms with E-state index in [2.05, 4.69) is 46.2 Å². The lowest BCUT2D eigenvalue weighted by Gasteiger charge is -2.29. The smallest absolute Gasteiger partial charge is 0.243 e. The van der Waals surface area contributed by atoms with Crippen molar-refractivity contribution in [3.05, 3.63) is 11.4 Å². The van der Waals surface area contributed by atoms with Gasteiger partial charge in [-0.25, -0.2) is 4.98 Å². The highest BCUT2D eigenvalue weighted by Crippen LogP contribution is 2.08. The van der Waals surface area contributed by atoms with Crippen LogP contribution in [0.3, 0.4) is 0 Å². The van der Waals surface area contributed by atoms with E-state index in [-0.39, 0.29) is 0 Å². The number of ether oxygens (including phenoxy) is 1. The van der Waals surface area contributed by atoms with Crippen molar-refractivity contribution in [2.24, 2.45) is 0 Å². The Balaban J connectivity index is 1.91. The zero-order valence-corrected chi connectivity index (χ0v) is 12.7. The van der Waals surface area contributed by atoms with Crippen molar-refractivity contribution >= 4 is 5.95 Å². The van der Waals surface area contributed by atoms with Gasteiger partial charge in [0, 0.05) is 25.7 Å². The van der Waals surface area contributed by atoms with Gasteiger partial charge in [0.05, 0.1) is 24.6 Å². The molecule has 0 aliphatic carbocycles. The summed E-state index contributed by atoms with van der Waals surface area (Å²) in [6.45, 7) is 11.0. The van der Waals surface area contributed by atoms with Gasteiger partial charge in [0.1, 0.15) is 0 Å². The van der Waals surface area contributed by atoms with Crippen LogP contribution in [0.1, 0.15) is 32.2 Å². The van der Waals surface area contributed by atoms with Gasteiger partial charge < -0.3 is 10.1 Å². The molecule has 0 aromatic carbocycles. The lowest BCUT2D eigenvalue weighted by molar-refractivity contribution is 0.0367. The van der Waals surface area contributed by atoms with E-state index in [9.17, 15) is 0 Å². The van der Waals surface area contributed by atoms with E-state index >= 15 is 0 Å². The van der Waals surface area contributed by atoms with Gasteiger partial charge in [-0.3, -0.25) is 4.90 Å². The summed E-state index contributed by atoms with van der Waals surface area (Å²) >= 11 is 0. The fourth-order valence-corrected chi connectivity index (χ4v) is 2.44. The van der Waals surface area contributed by atoms with Crippen molar-refractivity contribution < 1.29 is 4.74 Å². The van der Waals surface area contributed by atoms with E-state index in [1.165, 1.54) is 0 Å². The average molecular weight is 279 g/mol. The molecule has 2 rings (SSSR count). The summed E-state index contributed by atoms with van der Waals surface area (Å²) in [5, 5.41) is 11.8. The molecule has 112 valence electrons. The second-order valence-electron chi connectivity index (χ2n) is 5.19. The number of hydrogen-bond acceptors (Lipinski definition) is 6. The Labute approximate surface area is 120 Å². The van der Waals surface area contributed by atoms with Crippen molar-refractivity contribution in [3.8, 4) is 0 Å². The summed E-state index contributed by atoms with van der Waals surface area (Å²) in [6, 6.07) is 0.298. The molecule has 1 fully saturated rings. The Kier molecular flexibility index (Phi) is 5.67. The van der Waals surface area contributed by atoms with Crippen molar-refractivity contribution in [1.29, 1.82) is 0 Å². The molecule has 0 amide bonds. The first kappa shape index (κ1) is 15.1. The molecule has 1 saturated heterocycles. The molecule has 1 aliphatic rings. The van der Waals surface area contributed by atoms with E-state index in [0.29, 0.717) is 12.0 Å². The molecule has 0 saturated carbocycles. The van der Waals surface area contributed by atoms with E-state index in [1.807, 2.05) is 0 Å². The first-order valence-electron chi connectivity index (χ1n) is 7.52. The van der Waals surface area contributed by atoms with Crippen LogP contribution in [0.15, 0.2) is 0 Å². The number of aryl methyl sites for hydroxylation is 2. The maximum absolute atomic E-state index is 5.36. The Morgan fingerprint density at radius 2 is 1.85 bits per heavy atom. The van der Waals surface area contributed by atoms with Crippen molar-refractivity contribution in [2.45, 2.75) is 39.7 Å². The summed E-state index contributed by atoms with van der Waals surface area (Å²) < 4.78 is 5.36. The summed E-state index contributed by atoms with van der Waals surface area (Å²) in [5.74, 6) is 0.639. The average Bonchev–Trinajstić information content (AvgIpc) is 2.48. The fourth-order valence-electron chi connectivity index (χ4n) is 2.44. The third-order valence-electron chi connectivity index (χ3n) is 3.52. The molecular weight excluding hydrogens is 254 g/mol. The molecule has 6 heteroatoms. The Bertz CT molecular complexity index is 420. The van der Waals surface area contributed by atoms with E-state index in [1.54, 1.807) is 0 Å². The minimum atomic E-state index is 0.298. The molecule has 0 spiro atoms. The fraction of sp³-hybridized carbons (Fsp3) is 0.786. The van der Waals surface area contributed by atoms with E-state index < -0.39 is 0 Å². The predicted molar refractivity (Wildman–Crippen MR) is 78.9 cm³/mol. The first-order valence-corrected chi connectivity index (χ1v) is 7.52. The highest BCUT2D eigenvalue weighted by atomic mass is 16.5. The zero-order valence-electron chi connectivity index (χ0n) is 12.7. The van der Waals surface area contributed by atoms with Crippen molar-refractivity contribution in [3.63, 3.8) is 0 Å². The Morgan fingerprint density at radius 3 is 2.50 bits per heavy atom. The maximum atomic E-state index is 5.36. The van der Waals surface area contributed by atoms with E-state index in [0.717, 1.165) is 57.1 Å². The van der Waals surface area contributed by atoms with Crippen LogP contribution < -0.4 is 5.32 Å². The lowest BCUT2D eigenvalue weighted by atomic mass is 10.2. The van der Waals surface area contributed by atoms with Gasteiger partial charge in [-0.2, -0.15) is 5.10 Å². The van der Waals surface area contributed by atoms with Crippen LogP contribution in [0.2, 0.25) is 0 Å². The molecule has 2 heterocycles. The number of hydrogen-bond donors (Lipinski definition) is 1. The second kappa shape index (κ2) is 7.50. The molecule has 1 aliphatic heterocycles. The monoisotopic (exact) mass is 279 g/mol. The maximum Gasteiger partial charge on any atom is 0.243 e. The molecule has 20 heavy (non-hydrogen) atoms. The molecule has 1 N–H and O–H groups in total. The summed E-state index contributed by atoms with van der Waals surface area (Å²) in [5.41, 5.74) is 2.04. The third kappa shape index (κ3) is 4.11. The molecule has 1 aromatic heterocycles. The van der Waals surface area contributed by atoms with Gasteiger partial charge in [-0.05, 0) is 19.8 Å². The first-order chi connectivity index (χ1) is 9.72. The molecule has 1 unspecified atom stereocenters. The Morgan fingerprint density at radius 1 is 1.15 bits per heavy atom. The van der Waals surface area contributed by atoms with Crippen LogP contribution in [-0.2, 0) is 17.6 Å². The van der Waals surface area contributed by atoms with E-state index in [4.69, 9.17) is 4.74 Å². The summed E-state index contributed by atoms with van der Waals surface area (Å²) in [4.78, 5) is 6.97. The number of aromatic nitrogens is 3. The zero-order chi connectivity index (χ0) is 14.4. The van der Waals surface area contributed by atoms with Crippen LogP contribution in [-0.4, -0.2) is 59.0 Å². The molecule has 1 atom stereocenters. The highest BCUT2D eigenvalue weighted by Gasteiger charge is 2.15. The quantitative estimate of drug-likeness (QED) is 0.842. The number of nitrogens with zero attached hydrogens (tertiary/aromatic N) is 4. The lowest BCUT2D eigenvalue weighted by Crippen LogP contribution is -2.42. The molecule has 1 aromatic rings. The number of nitrogens with one attached hydrogen (secondary N) is 1. The molecule has 0 bridgehead atoms.